The number of hydrogen-bond acceptors (Lipinski definition) is 3. The molecule has 1 aliphatic rings. The second-order valence-corrected chi connectivity index (χ2v) is 5.60. The molecule has 1 heterocycles. The first kappa shape index (κ1) is 13.4. The highest BCUT2D eigenvalue weighted by Gasteiger charge is 2.40. The molecule has 1 fully saturated rings. The number of nitrogens with one attached hydrogen (secondary N) is 2. The number of benzene rings is 1. The van der Waals surface area contributed by atoms with Crippen molar-refractivity contribution in [3.05, 3.63) is 35.9 Å². The number of amides is 2. The number of carbonyl (C=O) groups excluding carboxylic acids is 2. The van der Waals surface area contributed by atoms with E-state index in [0.29, 0.717) is 0 Å². The van der Waals surface area contributed by atoms with Crippen molar-refractivity contribution in [2.75, 3.05) is 0 Å². The molecule has 0 saturated carbocycles. The van der Waals surface area contributed by atoms with Gasteiger partial charge in [-0.3, -0.25) is 4.79 Å². The molecular formula is C14H18N2O3. The quantitative estimate of drug-likeness (QED) is 0.853. The summed E-state index contributed by atoms with van der Waals surface area (Å²) in [6.45, 7) is 5.67. The van der Waals surface area contributed by atoms with Crippen LogP contribution in [0, 0.1) is 0 Å². The first-order valence-corrected chi connectivity index (χ1v) is 6.21. The second-order valence-electron chi connectivity index (χ2n) is 5.60. The van der Waals surface area contributed by atoms with E-state index >= 15 is 0 Å². The highest BCUT2D eigenvalue weighted by Crippen LogP contribution is 2.26. The van der Waals surface area contributed by atoms with E-state index in [2.05, 4.69) is 10.6 Å². The van der Waals surface area contributed by atoms with Crippen molar-refractivity contribution < 1.29 is 14.3 Å². The lowest BCUT2D eigenvalue weighted by atomic mass is 10.0. The zero-order valence-electron chi connectivity index (χ0n) is 11.3. The van der Waals surface area contributed by atoms with Gasteiger partial charge in [0, 0.05) is 5.54 Å². The first-order chi connectivity index (χ1) is 8.87. The summed E-state index contributed by atoms with van der Waals surface area (Å²) >= 11 is 0. The Balaban J connectivity index is 2.19. The molecular weight excluding hydrogens is 244 g/mol. The summed E-state index contributed by atoms with van der Waals surface area (Å²) in [4.78, 5) is 23.6. The fraction of sp³-hybridized carbons (Fsp3) is 0.429. The maximum absolute atomic E-state index is 12.2. The fourth-order valence-corrected chi connectivity index (χ4v) is 1.97. The Morgan fingerprint density at radius 1 is 1.26 bits per heavy atom. The van der Waals surface area contributed by atoms with Crippen LogP contribution >= 0.6 is 0 Å². The maximum Gasteiger partial charge on any atom is 0.408 e. The predicted octanol–water partition coefficient (Wildman–Crippen LogP) is 1.75. The minimum atomic E-state index is -0.700. The molecule has 0 spiro atoms. The fourth-order valence-electron chi connectivity index (χ4n) is 1.97. The van der Waals surface area contributed by atoms with Crippen molar-refractivity contribution in [3.63, 3.8) is 0 Å². The van der Waals surface area contributed by atoms with E-state index < -0.39 is 18.2 Å². The Kier molecular flexibility index (Phi) is 3.46. The third-order valence-electron chi connectivity index (χ3n) is 2.72. The molecule has 2 atom stereocenters. The normalized spacial score (nSPS) is 22.6. The van der Waals surface area contributed by atoms with Gasteiger partial charge in [-0.05, 0) is 26.3 Å². The minimum absolute atomic E-state index is 0.243. The van der Waals surface area contributed by atoms with Gasteiger partial charge in [0.25, 0.3) is 0 Å². The van der Waals surface area contributed by atoms with Crippen molar-refractivity contribution >= 4 is 12.0 Å². The largest absolute Gasteiger partial charge is 0.439 e. The van der Waals surface area contributed by atoms with E-state index in [1.54, 1.807) is 0 Å². The molecule has 1 aromatic carbocycles. The maximum atomic E-state index is 12.2. The summed E-state index contributed by atoms with van der Waals surface area (Å²) in [5.41, 5.74) is 0.445. The van der Waals surface area contributed by atoms with Crippen LogP contribution < -0.4 is 10.6 Å². The molecule has 1 aliphatic heterocycles. The average molecular weight is 262 g/mol. The Hall–Kier alpha value is -2.04. The van der Waals surface area contributed by atoms with Crippen molar-refractivity contribution in [1.29, 1.82) is 0 Å². The zero-order chi connectivity index (χ0) is 14.0. The topological polar surface area (TPSA) is 67.4 Å². The highest BCUT2D eigenvalue weighted by atomic mass is 16.6. The van der Waals surface area contributed by atoms with E-state index in [1.165, 1.54) is 0 Å². The number of cyclic esters (lactones) is 1. The van der Waals surface area contributed by atoms with Gasteiger partial charge < -0.3 is 15.4 Å². The van der Waals surface area contributed by atoms with Crippen LogP contribution in [0.15, 0.2) is 30.3 Å². The van der Waals surface area contributed by atoms with Crippen molar-refractivity contribution in [2.24, 2.45) is 0 Å². The van der Waals surface area contributed by atoms with Crippen LogP contribution in [-0.2, 0) is 9.53 Å². The van der Waals surface area contributed by atoms with Crippen LogP contribution in [0.3, 0.4) is 0 Å². The summed E-state index contributed by atoms with van der Waals surface area (Å²) in [5, 5.41) is 5.40. The third-order valence-corrected chi connectivity index (χ3v) is 2.72. The van der Waals surface area contributed by atoms with Gasteiger partial charge in [-0.2, -0.15) is 0 Å². The Morgan fingerprint density at radius 3 is 2.47 bits per heavy atom. The Morgan fingerprint density at radius 2 is 1.89 bits per heavy atom. The number of rotatable bonds is 2. The van der Waals surface area contributed by atoms with Gasteiger partial charge in [-0.1, -0.05) is 30.3 Å². The number of alkyl carbamates (subject to hydrolysis) is 1. The van der Waals surface area contributed by atoms with E-state index in [1.807, 2.05) is 51.1 Å². The lowest BCUT2D eigenvalue weighted by molar-refractivity contribution is -0.125. The number of ether oxygens (including phenoxy) is 1. The summed E-state index contributed by atoms with van der Waals surface area (Å²) in [7, 11) is 0. The molecule has 0 aromatic heterocycles. The van der Waals surface area contributed by atoms with Crippen LogP contribution in [-0.4, -0.2) is 23.6 Å². The standard InChI is InChI=1S/C14H18N2O3/c1-14(2,3)16-12(17)10-11(19-13(18)15-10)9-7-5-4-6-8-9/h4-8,10-11H,1-3H3,(H,15,18)(H,16,17). The summed E-state index contributed by atoms with van der Waals surface area (Å²) in [5.74, 6) is -0.243. The van der Waals surface area contributed by atoms with Crippen LogP contribution in [0.1, 0.15) is 32.4 Å². The molecule has 102 valence electrons. The highest BCUT2D eigenvalue weighted by molar-refractivity contribution is 5.89. The van der Waals surface area contributed by atoms with E-state index in [9.17, 15) is 9.59 Å². The molecule has 2 unspecified atom stereocenters. The zero-order valence-corrected chi connectivity index (χ0v) is 11.3. The van der Waals surface area contributed by atoms with Crippen molar-refractivity contribution in [2.45, 2.75) is 38.5 Å². The Labute approximate surface area is 112 Å². The smallest absolute Gasteiger partial charge is 0.408 e. The molecule has 2 N–H and O–H groups in total. The first-order valence-electron chi connectivity index (χ1n) is 6.21. The van der Waals surface area contributed by atoms with Crippen LogP contribution in [0.25, 0.3) is 0 Å². The van der Waals surface area contributed by atoms with Crippen LogP contribution in [0.2, 0.25) is 0 Å². The minimum Gasteiger partial charge on any atom is -0.439 e. The molecule has 1 saturated heterocycles. The summed E-state index contributed by atoms with van der Waals surface area (Å²) in [6, 6.07) is 8.54. The van der Waals surface area contributed by atoms with E-state index in [4.69, 9.17) is 4.74 Å². The molecule has 0 aliphatic carbocycles. The Bertz CT molecular complexity index is 479. The molecule has 2 rings (SSSR count). The molecule has 0 bridgehead atoms. The molecule has 1 aromatic rings. The monoisotopic (exact) mass is 262 g/mol. The predicted molar refractivity (Wildman–Crippen MR) is 70.5 cm³/mol. The summed E-state index contributed by atoms with van der Waals surface area (Å²) in [6.07, 6.45) is -1.15. The lowest BCUT2D eigenvalue weighted by Crippen LogP contribution is -2.50. The van der Waals surface area contributed by atoms with Crippen molar-refractivity contribution in [1.82, 2.24) is 10.6 Å². The van der Waals surface area contributed by atoms with E-state index in [-0.39, 0.29) is 11.4 Å². The SMILES string of the molecule is CC(C)(C)NC(=O)C1NC(=O)OC1c1ccccc1. The number of carbonyl (C=O) groups is 2. The number of hydrogen-bond donors (Lipinski definition) is 2. The molecule has 5 heteroatoms. The lowest BCUT2D eigenvalue weighted by Gasteiger charge is -2.24. The van der Waals surface area contributed by atoms with Gasteiger partial charge in [0.15, 0.2) is 12.1 Å². The molecule has 2 amide bonds. The second kappa shape index (κ2) is 4.91. The van der Waals surface area contributed by atoms with Crippen LogP contribution in [0.5, 0.6) is 0 Å². The van der Waals surface area contributed by atoms with Gasteiger partial charge in [0.05, 0.1) is 0 Å². The summed E-state index contributed by atoms with van der Waals surface area (Å²) < 4.78 is 5.18. The molecule has 5 nitrogen and oxygen atoms in total. The average Bonchev–Trinajstić information content (AvgIpc) is 2.70. The van der Waals surface area contributed by atoms with Crippen LogP contribution in [0.4, 0.5) is 4.79 Å². The van der Waals surface area contributed by atoms with Gasteiger partial charge >= 0.3 is 6.09 Å². The van der Waals surface area contributed by atoms with Crippen molar-refractivity contribution in [3.8, 4) is 0 Å². The van der Waals surface area contributed by atoms with Gasteiger partial charge in [0.1, 0.15) is 0 Å². The van der Waals surface area contributed by atoms with Gasteiger partial charge in [0.2, 0.25) is 5.91 Å². The third kappa shape index (κ3) is 3.24. The van der Waals surface area contributed by atoms with E-state index in [0.717, 1.165) is 5.56 Å². The molecule has 0 radical (unpaired) electrons. The van der Waals surface area contributed by atoms with Gasteiger partial charge in [-0.25, -0.2) is 4.79 Å². The molecule has 19 heavy (non-hydrogen) atoms. The van der Waals surface area contributed by atoms with Gasteiger partial charge in [-0.15, -0.1) is 0 Å².